The molecule has 1 unspecified atom stereocenters. The number of halogens is 3. The van der Waals surface area contributed by atoms with Gasteiger partial charge in [0.2, 0.25) is 21.8 Å². The van der Waals surface area contributed by atoms with Crippen LogP contribution in [0.2, 0.25) is 15.1 Å². The summed E-state index contributed by atoms with van der Waals surface area (Å²) in [5, 5.41) is 3.84. The fourth-order valence-electron chi connectivity index (χ4n) is 4.32. The molecule has 0 radical (unpaired) electrons. The minimum atomic E-state index is -3.95. The number of sulfonamides is 1. The largest absolute Gasteiger partial charge is 0.495 e. The van der Waals surface area contributed by atoms with Gasteiger partial charge in [0.1, 0.15) is 18.3 Å². The van der Waals surface area contributed by atoms with Crippen molar-refractivity contribution in [2.24, 2.45) is 0 Å². The van der Waals surface area contributed by atoms with E-state index in [4.69, 9.17) is 39.5 Å². The second-order valence-corrected chi connectivity index (χ2v) is 12.9. The van der Waals surface area contributed by atoms with Gasteiger partial charge in [-0.3, -0.25) is 13.9 Å². The summed E-state index contributed by atoms with van der Waals surface area (Å²) in [6.07, 6.45) is 2.84. The quantitative estimate of drug-likeness (QED) is 0.216. The summed E-state index contributed by atoms with van der Waals surface area (Å²) in [4.78, 5) is 29.2. The van der Waals surface area contributed by atoms with Gasteiger partial charge < -0.3 is 15.0 Å². The number of unbranched alkanes of at least 4 members (excludes halogenated alkanes) is 1. The number of methoxy groups -OCH3 is 1. The first-order chi connectivity index (χ1) is 19.9. The molecule has 3 rings (SSSR count). The number of benzene rings is 3. The highest BCUT2D eigenvalue weighted by Crippen LogP contribution is 2.31. The second-order valence-electron chi connectivity index (χ2n) is 9.70. The number of carbonyl (C=O) groups is 2. The van der Waals surface area contributed by atoms with E-state index in [2.05, 4.69) is 5.32 Å². The Morgan fingerprint density at radius 2 is 1.69 bits per heavy atom. The van der Waals surface area contributed by atoms with Gasteiger partial charge >= 0.3 is 0 Å². The standard InChI is InChI=1S/C30H34Cl3N3O5S/c1-4-5-15-34-30(38)27(16-21-9-7-6-8-10-21)35(19-22-11-12-23(31)17-25(22)32)29(37)20-36(42(3,39)40)24-13-14-28(41-2)26(33)18-24/h6-14,17-18,27H,4-5,15-16,19-20H2,1-3H3,(H,34,38). The number of ether oxygens (including phenoxy) is 1. The molecular weight excluding hydrogens is 621 g/mol. The van der Waals surface area contributed by atoms with E-state index in [0.717, 1.165) is 29.0 Å². The van der Waals surface area contributed by atoms with Crippen LogP contribution < -0.4 is 14.4 Å². The molecule has 3 aromatic carbocycles. The number of hydrogen-bond donors (Lipinski definition) is 1. The van der Waals surface area contributed by atoms with Crippen LogP contribution in [-0.2, 0) is 32.6 Å². The fraction of sp³-hybridized carbons (Fsp3) is 0.333. The Morgan fingerprint density at radius 1 is 0.976 bits per heavy atom. The van der Waals surface area contributed by atoms with Crippen LogP contribution in [0.5, 0.6) is 5.75 Å². The van der Waals surface area contributed by atoms with Gasteiger partial charge in [0.05, 0.1) is 24.1 Å². The maximum absolute atomic E-state index is 14.1. The third kappa shape index (κ3) is 9.26. The first kappa shape index (κ1) is 33.5. The van der Waals surface area contributed by atoms with Crippen molar-refractivity contribution in [2.45, 2.75) is 38.8 Å². The molecule has 12 heteroatoms. The molecule has 42 heavy (non-hydrogen) atoms. The third-order valence-corrected chi connectivity index (χ3v) is 8.58. The van der Waals surface area contributed by atoms with Gasteiger partial charge in [0.15, 0.2) is 0 Å². The normalized spacial score (nSPS) is 12.0. The molecule has 0 aliphatic rings. The number of nitrogens with one attached hydrogen (secondary N) is 1. The zero-order valence-electron chi connectivity index (χ0n) is 23.6. The van der Waals surface area contributed by atoms with E-state index in [1.807, 2.05) is 37.3 Å². The highest BCUT2D eigenvalue weighted by molar-refractivity contribution is 7.92. The maximum atomic E-state index is 14.1. The van der Waals surface area contributed by atoms with Gasteiger partial charge in [0, 0.05) is 29.6 Å². The predicted octanol–water partition coefficient (Wildman–Crippen LogP) is 5.98. The fourth-order valence-corrected chi connectivity index (χ4v) is 5.88. The van der Waals surface area contributed by atoms with Gasteiger partial charge in [-0.1, -0.05) is 84.5 Å². The molecule has 0 heterocycles. The Bertz CT molecular complexity index is 1490. The van der Waals surface area contributed by atoms with Gasteiger partial charge in [0.25, 0.3) is 0 Å². The molecule has 1 atom stereocenters. The molecule has 0 aliphatic carbocycles. The zero-order valence-corrected chi connectivity index (χ0v) is 26.7. The predicted molar refractivity (Wildman–Crippen MR) is 169 cm³/mol. The molecule has 0 spiro atoms. The van der Waals surface area contributed by atoms with Crippen LogP contribution in [-0.4, -0.2) is 57.6 Å². The number of nitrogens with zero attached hydrogens (tertiary/aromatic N) is 2. The van der Waals surface area contributed by atoms with E-state index < -0.39 is 28.5 Å². The summed E-state index contributed by atoms with van der Waals surface area (Å²) in [6, 6.07) is 17.6. The van der Waals surface area contributed by atoms with Gasteiger partial charge in [-0.25, -0.2) is 8.42 Å². The molecule has 2 amide bonds. The molecule has 1 N–H and O–H groups in total. The molecular formula is C30H34Cl3N3O5S. The number of rotatable bonds is 14. The maximum Gasteiger partial charge on any atom is 0.244 e. The first-order valence-corrected chi connectivity index (χ1v) is 16.3. The van der Waals surface area contributed by atoms with Gasteiger partial charge in [-0.15, -0.1) is 0 Å². The van der Waals surface area contributed by atoms with E-state index in [1.165, 1.54) is 30.2 Å². The van der Waals surface area contributed by atoms with Gasteiger partial charge in [-0.2, -0.15) is 0 Å². The van der Waals surface area contributed by atoms with Crippen molar-refractivity contribution >= 4 is 62.3 Å². The lowest BCUT2D eigenvalue weighted by atomic mass is 10.0. The summed E-state index contributed by atoms with van der Waals surface area (Å²) < 4.78 is 32.0. The second kappa shape index (κ2) is 15.5. The highest BCUT2D eigenvalue weighted by Gasteiger charge is 2.33. The molecule has 0 saturated heterocycles. The Hall–Kier alpha value is -2.98. The van der Waals surface area contributed by atoms with Crippen LogP contribution in [0.1, 0.15) is 30.9 Å². The lowest BCUT2D eigenvalue weighted by Gasteiger charge is -2.33. The first-order valence-electron chi connectivity index (χ1n) is 13.3. The van der Waals surface area contributed by atoms with Crippen molar-refractivity contribution in [1.29, 1.82) is 0 Å². The van der Waals surface area contributed by atoms with Crippen LogP contribution in [0.3, 0.4) is 0 Å². The number of hydrogen-bond acceptors (Lipinski definition) is 5. The molecule has 0 aliphatic heterocycles. The Kier molecular flexibility index (Phi) is 12.4. The molecule has 0 bridgehead atoms. The van der Waals surface area contributed by atoms with E-state index in [-0.39, 0.29) is 29.6 Å². The van der Waals surface area contributed by atoms with Gasteiger partial charge in [-0.05, 0) is 47.9 Å². The topological polar surface area (TPSA) is 96.0 Å². The van der Waals surface area contributed by atoms with E-state index in [1.54, 1.807) is 18.2 Å². The molecule has 226 valence electrons. The smallest absolute Gasteiger partial charge is 0.244 e. The van der Waals surface area contributed by atoms with Crippen molar-refractivity contribution < 1.29 is 22.7 Å². The average molecular weight is 655 g/mol. The van der Waals surface area contributed by atoms with Crippen LogP contribution in [0, 0.1) is 0 Å². The van der Waals surface area contributed by atoms with Crippen LogP contribution >= 0.6 is 34.8 Å². The van der Waals surface area contributed by atoms with E-state index in [9.17, 15) is 18.0 Å². The number of amides is 2. The minimum absolute atomic E-state index is 0.0610. The molecule has 0 fully saturated rings. The number of anilines is 1. The SMILES string of the molecule is CCCCNC(=O)C(Cc1ccccc1)N(Cc1ccc(Cl)cc1Cl)C(=O)CN(c1ccc(OC)c(Cl)c1)S(C)(=O)=O. The molecule has 3 aromatic rings. The summed E-state index contributed by atoms with van der Waals surface area (Å²) in [5.41, 5.74) is 1.55. The van der Waals surface area contributed by atoms with Crippen molar-refractivity contribution in [2.75, 3.05) is 30.8 Å². The van der Waals surface area contributed by atoms with E-state index in [0.29, 0.717) is 27.9 Å². The molecule has 0 aromatic heterocycles. The highest BCUT2D eigenvalue weighted by atomic mass is 35.5. The average Bonchev–Trinajstić information content (AvgIpc) is 2.94. The molecule has 0 saturated carbocycles. The van der Waals surface area contributed by atoms with Crippen molar-refractivity contribution in [1.82, 2.24) is 10.2 Å². The lowest BCUT2D eigenvalue weighted by molar-refractivity contribution is -0.140. The Morgan fingerprint density at radius 3 is 2.29 bits per heavy atom. The summed E-state index contributed by atoms with van der Waals surface area (Å²) in [7, 11) is -2.51. The zero-order chi connectivity index (χ0) is 30.9. The summed E-state index contributed by atoms with van der Waals surface area (Å²) >= 11 is 18.9. The van der Waals surface area contributed by atoms with Crippen LogP contribution in [0.4, 0.5) is 5.69 Å². The van der Waals surface area contributed by atoms with Crippen molar-refractivity contribution in [3.8, 4) is 5.75 Å². The van der Waals surface area contributed by atoms with E-state index >= 15 is 0 Å². The lowest BCUT2D eigenvalue weighted by Crippen LogP contribution is -2.53. The third-order valence-electron chi connectivity index (χ3n) is 6.56. The Balaban J connectivity index is 2.07. The van der Waals surface area contributed by atoms with Crippen molar-refractivity contribution in [3.63, 3.8) is 0 Å². The Labute approximate surface area is 262 Å². The summed E-state index contributed by atoms with van der Waals surface area (Å²) in [5.74, 6) is -0.611. The van der Waals surface area contributed by atoms with Crippen LogP contribution in [0.25, 0.3) is 0 Å². The van der Waals surface area contributed by atoms with Crippen molar-refractivity contribution in [3.05, 3.63) is 92.9 Å². The summed E-state index contributed by atoms with van der Waals surface area (Å²) in [6.45, 7) is 1.80. The minimum Gasteiger partial charge on any atom is -0.495 e. The van der Waals surface area contributed by atoms with Crippen LogP contribution in [0.15, 0.2) is 66.7 Å². The monoisotopic (exact) mass is 653 g/mol. The molecule has 8 nitrogen and oxygen atoms in total. The number of carbonyl (C=O) groups excluding carboxylic acids is 2.